The molecule has 194 valence electrons. The fraction of sp³-hybridized carbons (Fsp3) is 0.520. The SMILES string of the molecule is CCCC(c1cc(C(F)(F)F)ccc1C(F)(F)F)N1CC[C@H](C)C[C@@H]1c1ccc(C(F)(F)F)cc1. The second kappa shape index (κ2) is 10.0. The number of rotatable bonds is 5. The lowest BCUT2D eigenvalue weighted by Crippen LogP contribution is -2.39. The van der Waals surface area contributed by atoms with Crippen LogP contribution in [0.3, 0.4) is 0 Å². The molecule has 0 radical (unpaired) electrons. The third kappa shape index (κ3) is 6.32. The lowest BCUT2D eigenvalue weighted by Gasteiger charge is -2.44. The number of piperidine rings is 1. The van der Waals surface area contributed by atoms with Crippen molar-refractivity contribution >= 4 is 0 Å². The highest BCUT2D eigenvalue weighted by atomic mass is 19.4. The zero-order valence-electron chi connectivity index (χ0n) is 19.2. The van der Waals surface area contributed by atoms with Crippen molar-refractivity contribution in [1.82, 2.24) is 4.90 Å². The van der Waals surface area contributed by atoms with Crippen LogP contribution in [0.2, 0.25) is 0 Å². The van der Waals surface area contributed by atoms with E-state index in [-0.39, 0.29) is 12.3 Å². The predicted octanol–water partition coefficient (Wildman–Crippen LogP) is 9.06. The van der Waals surface area contributed by atoms with Gasteiger partial charge in [-0.25, -0.2) is 0 Å². The van der Waals surface area contributed by atoms with Crippen LogP contribution in [0.15, 0.2) is 42.5 Å². The second-order valence-electron chi connectivity index (χ2n) is 9.10. The molecule has 1 heterocycles. The Balaban J connectivity index is 2.12. The van der Waals surface area contributed by atoms with Crippen molar-refractivity contribution in [2.24, 2.45) is 5.92 Å². The zero-order chi connectivity index (χ0) is 26.2. The summed E-state index contributed by atoms with van der Waals surface area (Å²) in [5.74, 6) is 0.143. The van der Waals surface area contributed by atoms with E-state index in [1.807, 2.05) is 6.92 Å². The van der Waals surface area contributed by atoms with Gasteiger partial charge in [-0.2, -0.15) is 39.5 Å². The van der Waals surface area contributed by atoms with Gasteiger partial charge in [-0.1, -0.05) is 32.4 Å². The van der Waals surface area contributed by atoms with Crippen molar-refractivity contribution in [2.45, 2.75) is 70.1 Å². The molecule has 1 aliphatic rings. The summed E-state index contributed by atoms with van der Waals surface area (Å²) in [7, 11) is 0. The standard InChI is InChI=1S/C25H26F9N/c1-3-4-21(19-14-18(24(29,30)31)9-10-20(19)25(32,33)34)35-12-11-15(2)13-22(35)16-5-7-17(8-6-16)23(26,27)28/h5-10,14-15,21-22H,3-4,11-13H2,1-2H3/t15-,21?,22+/m0/s1. The van der Waals surface area contributed by atoms with E-state index in [9.17, 15) is 39.5 Å². The van der Waals surface area contributed by atoms with Crippen molar-refractivity contribution in [3.63, 3.8) is 0 Å². The molecule has 2 aromatic rings. The number of benzene rings is 2. The average Bonchev–Trinajstić information content (AvgIpc) is 2.75. The van der Waals surface area contributed by atoms with Crippen LogP contribution in [0, 0.1) is 5.92 Å². The Kier molecular flexibility index (Phi) is 7.84. The Hall–Kier alpha value is -2.23. The van der Waals surface area contributed by atoms with E-state index in [0.717, 1.165) is 12.1 Å². The van der Waals surface area contributed by atoms with E-state index in [1.165, 1.54) is 12.1 Å². The molecule has 0 bridgehead atoms. The molecule has 3 atom stereocenters. The van der Waals surface area contributed by atoms with Crippen molar-refractivity contribution < 1.29 is 39.5 Å². The molecule has 0 saturated carbocycles. The van der Waals surface area contributed by atoms with E-state index in [1.54, 1.807) is 11.8 Å². The molecule has 0 spiro atoms. The van der Waals surface area contributed by atoms with Crippen LogP contribution in [0.25, 0.3) is 0 Å². The third-order valence-corrected chi connectivity index (χ3v) is 6.53. The number of alkyl halides is 9. The summed E-state index contributed by atoms with van der Waals surface area (Å²) in [5.41, 5.74) is -3.11. The minimum absolute atomic E-state index is 0.143. The largest absolute Gasteiger partial charge is 0.416 e. The summed E-state index contributed by atoms with van der Waals surface area (Å²) in [6.07, 6.45) is -12.6. The van der Waals surface area contributed by atoms with E-state index >= 15 is 0 Å². The van der Waals surface area contributed by atoms with Gasteiger partial charge in [0.1, 0.15) is 0 Å². The van der Waals surface area contributed by atoms with Crippen LogP contribution < -0.4 is 0 Å². The number of hydrogen-bond acceptors (Lipinski definition) is 1. The number of halogens is 9. The lowest BCUT2D eigenvalue weighted by molar-refractivity contribution is -0.142. The first-order valence-corrected chi connectivity index (χ1v) is 11.3. The highest BCUT2D eigenvalue weighted by Gasteiger charge is 2.42. The Bertz CT molecular complexity index is 990. The zero-order valence-corrected chi connectivity index (χ0v) is 19.2. The van der Waals surface area contributed by atoms with Gasteiger partial charge in [0, 0.05) is 12.1 Å². The predicted molar refractivity (Wildman–Crippen MR) is 113 cm³/mol. The van der Waals surface area contributed by atoms with Gasteiger partial charge in [-0.3, -0.25) is 4.90 Å². The summed E-state index contributed by atoms with van der Waals surface area (Å²) in [4.78, 5) is 1.73. The van der Waals surface area contributed by atoms with E-state index in [4.69, 9.17) is 0 Å². The Morgan fingerprint density at radius 3 is 1.91 bits per heavy atom. The normalized spacial score (nSPS) is 21.2. The van der Waals surface area contributed by atoms with Gasteiger partial charge in [0.25, 0.3) is 0 Å². The molecule has 1 fully saturated rings. The molecule has 1 unspecified atom stereocenters. The molecule has 1 nitrogen and oxygen atoms in total. The number of hydrogen-bond donors (Lipinski definition) is 0. The fourth-order valence-corrected chi connectivity index (χ4v) is 4.80. The van der Waals surface area contributed by atoms with Crippen molar-refractivity contribution in [1.29, 1.82) is 0 Å². The smallest absolute Gasteiger partial charge is 0.289 e. The fourth-order valence-electron chi connectivity index (χ4n) is 4.80. The van der Waals surface area contributed by atoms with Crippen LogP contribution >= 0.6 is 0 Å². The summed E-state index contributed by atoms with van der Waals surface area (Å²) < 4.78 is 121. The van der Waals surface area contributed by atoms with Crippen LogP contribution in [0.1, 0.15) is 79.4 Å². The van der Waals surface area contributed by atoms with Gasteiger partial charge in [0.05, 0.1) is 16.7 Å². The van der Waals surface area contributed by atoms with Crippen LogP contribution in [0.5, 0.6) is 0 Å². The first kappa shape index (κ1) is 27.4. The molecule has 1 saturated heterocycles. The van der Waals surface area contributed by atoms with Gasteiger partial charge in [-0.05, 0) is 73.2 Å². The molecule has 10 heteroatoms. The number of likely N-dealkylation sites (tertiary alicyclic amines) is 1. The van der Waals surface area contributed by atoms with Crippen molar-refractivity contribution in [2.75, 3.05) is 6.54 Å². The summed E-state index contributed by atoms with van der Waals surface area (Å²) in [6.45, 7) is 3.98. The highest BCUT2D eigenvalue weighted by molar-refractivity contribution is 5.38. The van der Waals surface area contributed by atoms with Crippen LogP contribution in [0.4, 0.5) is 39.5 Å². The number of nitrogens with zero attached hydrogens (tertiary/aromatic N) is 1. The molecule has 3 rings (SSSR count). The molecule has 0 amide bonds. The maximum absolute atomic E-state index is 13.9. The van der Waals surface area contributed by atoms with Gasteiger partial charge < -0.3 is 0 Å². The van der Waals surface area contributed by atoms with Gasteiger partial charge in [0.15, 0.2) is 0 Å². The quantitative estimate of drug-likeness (QED) is 0.362. The maximum Gasteiger partial charge on any atom is 0.416 e. The Morgan fingerprint density at radius 1 is 0.829 bits per heavy atom. The third-order valence-electron chi connectivity index (χ3n) is 6.53. The van der Waals surface area contributed by atoms with E-state index in [0.29, 0.717) is 49.6 Å². The second-order valence-corrected chi connectivity index (χ2v) is 9.10. The van der Waals surface area contributed by atoms with E-state index < -0.39 is 52.9 Å². The average molecular weight is 511 g/mol. The van der Waals surface area contributed by atoms with Gasteiger partial charge in [0.2, 0.25) is 0 Å². The molecule has 0 aromatic heterocycles. The Morgan fingerprint density at radius 2 is 1.40 bits per heavy atom. The summed E-state index contributed by atoms with van der Waals surface area (Å²) in [5, 5.41) is 0. The molecule has 1 aliphatic heterocycles. The monoisotopic (exact) mass is 511 g/mol. The molecular weight excluding hydrogens is 485 g/mol. The Labute approximate surface area is 197 Å². The molecule has 0 N–H and O–H groups in total. The minimum Gasteiger partial charge on any atom is -0.289 e. The highest BCUT2D eigenvalue weighted by Crippen LogP contribution is 2.46. The summed E-state index contributed by atoms with van der Waals surface area (Å²) >= 11 is 0. The molecule has 0 aliphatic carbocycles. The van der Waals surface area contributed by atoms with Crippen LogP contribution in [-0.2, 0) is 18.5 Å². The maximum atomic E-state index is 13.9. The molecule has 35 heavy (non-hydrogen) atoms. The van der Waals surface area contributed by atoms with Gasteiger partial charge in [-0.15, -0.1) is 0 Å². The molecule has 2 aromatic carbocycles. The van der Waals surface area contributed by atoms with Gasteiger partial charge >= 0.3 is 18.5 Å². The summed E-state index contributed by atoms with van der Waals surface area (Å²) in [6, 6.07) is 4.41. The van der Waals surface area contributed by atoms with Crippen molar-refractivity contribution in [3.8, 4) is 0 Å². The minimum atomic E-state index is -4.86. The lowest BCUT2D eigenvalue weighted by atomic mass is 9.84. The van der Waals surface area contributed by atoms with Crippen molar-refractivity contribution in [3.05, 3.63) is 70.3 Å². The first-order valence-electron chi connectivity index (χ1n) is 11.3. The topological polar surface area (TPSA) is 3.24 Å². The van der Waals surface area contributed by atoms with Crippen LogP contribution in [-0.4, -0.2) is 11.4 Å². The molecular formula is C25H26F9N. The first-order chi connectivity index (χ1) is 16.1. The van der Waals surface area contributed by atoms with E-state index in [2.05, 4.69) is 0 Å².